The fourth-order valence-electron chi connectivity index (χ4n) is 5.66. The van der Waals surface area contributed by atoms with E-state index in [-0.39, 0.29) is 74.3 Å². The van der Waals surface area contributed by atoms with E-state index in [1.165, 1.54) is 42.7 Å². The van der Waals surface area contributed by atoms with Crippen molar-refractivity contribution < 1.29 is 57.2 Å². The number of hydrogen-bond donors (Lipinski definition) is 0. The molecule has 0 atom stereocenters. The molecule has 0 aliphatic heterocycles. The Balaban J connectivity index is 5.56. The first-order valence-electron chi connectivity index (χ1n) is 20.1. The Morgan fingerprint density at radius 3 is 0.534 bits per heavy atom. The fourth-order valence-corrected chi connectivity index (χ4v) is 5.66. The highest BCUT2D eigenvalue weighted by molar-refractivity contribution is 5.71. The van der Waals surface area contributed by atoms with Gasteiger partial charge < -0.3 is 57.8 Å². The summed E-state index contributed by atoms with van der Waals surface area (Å²) < 4.78 is 28.9. The van der Waals surface area contributed by atoms with Crippen LogP contribution in [0.2, 0.25) is 0 Å². The third kappa shape index (κ3) is 29.7. The number of hydrogen-bond acceptors (Lipinski definition) is 19. The molecule has 58 heavy (non-hydrogen) atoms. The van der Waals surface area contributed by atoms with Crippen molar-refractivity contribution in [3.05, 3.63) is 0 Å². The van der Waals surface area contributed by atoms with Gasteiger partial charge in [-0.05, 0) is 21.1 Å². The number of likely N-dealkylation sites (N-methyl/N-ethyl adjacent to an activating group) is 3. The first-order valence-corrected chi connectivity index (χ1v) is 20.1. The van der Waals surface area contributed by atoms with Crippen LogP contribution in [0.3, 0.4) is 0 Å². The number of ether oxygens (including phenoxy) is 6. The Hall–Kier alpha value is -3.46. The van der Waals surface area contributed by atoms with Crippen LogP contribution in [0.25, 0.3) is 0 Å². The van der Waals surface area contributed by atoms with E-state index in [1.807, 2.05) is 0 Å². The van der Waals surface area contributed by atoms with Gasteiger partial charge in [-0.25, -0.2) is 0 Å². The Morgan fingerprint density at radius 2 is 0.397 bits per heavy atom. The SMILES string of the molecule is COC(=O)CCN(CCC(=O)OC)CCN(C)CCN(CCN(C)CCN(CCC(=O)OC)CCC(=O)OC)CCN(C)CCN(CCC(=O)OC)CCC(=O)OC. The summed E-state index contributed by atoms with van der Waals surface area (Å²) in [5.41, 5.74) is 0. The van der Waals surface area contributed by atoms with Crippen LogP contribution >= 0.6 is 0 Å². The van der Waals surface area contributed by atoms with Gasteiger partial charge in [-0.2, -0.15) is 0 Å². The lowest BCUT2D eigenvalue weighted by Crippen LogP contribution is -2.44. The second-order valence-corrected chi connectivity index (χ2v) is 14.2. The molecule has 19 heteroatoms. The topological polar surface area (TPSA) is 180 Å². The van der Waals surface area contributed by atoms with Crippen molar-refractivity contribution in [3.8, 4) is 0 Å². The maximum Gasteiger partial charge on any atom is 0.306 e. The zero-order chi connectivity index (χ0) is 43.7. The molecule has 0 rings (SSSR count). The quantitative estimate of drug-likeness (QED) is 0.0575. The lowest BCUT2D eigenvalue weighted by molar-refractivity contribution is -0.142. The van der Waals surface area contributed by atoms with Crippen LogP contribution in [-0.2, 0) is 57.2 Å². The largest absolute Gasteiger partial charge is 0.469 e. The molecule has 0 radical (unpaired) electrons. The number of nitrogens with zero attached hydrogens (tertiary/aromatic N) is 7. The van der Waals surface area contributed by atoms with Gasteiger partial charge in [0.25, 0.3) is 0 Å². The average Bonchev–Trinajstić information content (AvgIpc) is 3.23. The van der Waals surface area contributed by atoms with E-state index in [4.69, 9.17) is 28.4 Å². The van der Waals surface area contributed by atoms with Gasteiger partial charge >= 0.3 is 35.8 Å². The zero-order valence-corrected chi connectivity index (χ0v) is 37.0. The first kappa shape index (κ1) is 54.5. The molecule has 0 aliphatic carbocycles. The van der Waals surface area contributed by atoms with Gasteiger partial charge in [0.15, 0.2) is 0 Å². The van der Waals surface area contributed by atoms with Crippen molar-refractivity contribution in [1.29, 1.82) is 0 Å². The van der Waals surface area contributed by atoms with Crippen molar-refractivity contribution in [2.24, 2.45) is 0 Å². The van der Waals surface area contributed by atoms with Crippen molar-refractivity contribution in [2.45, 2.75) is 38.5 Å². The Kier molecular flexibility index (Phi) is 32.4. The predicted molar refractivity (Wildman–Crippen MR) is 218 cm³/mol. The maximum absolute atomic E-state index is 11.8. The molecule has 0 aromatic rings. The van der Waals surface area contributed by atoms with E-state index in [9.17, 15) is 28.8 Å². The van der Waals surface area contributed by atoms with Crippen LogP contribution < -0.4 is 0 Å². The van der Waals surface area contributed by atoms with E-state index in [0.29, 0.717) is 58.9 Å². The molecule has 0 fully saturated rings. The molecular weight excluding hydrogens is 758 g/mol. The smallest absolute Gasteiger partial charge is 0.306 e. The van der Waals surface area contributed by atoms with Crippen LogP contribution in [0.15, 0.2) is 0 Å². The summed E-state index contributed by atoms with van der Waals surface area (Å²) in [5, 5.41) is 0. The lowest BCUT2D eigenvalue weighted by atomic mass is 10.3. The molecule has 0 heterocycles. The second-order valence-electron chi connectivity index (χ2n) is 14.2. The summed E-state index contributed by atoms with van der Waals surface area (Å²) in [4.78, 5) is 86.3. The van der Waals surface area contributed by atoms with Gasteiger partial charge in [-0.15, -0.1) is 0 Å². The van der Waals surface area contributed by atoms with Gasteiger partial charge in [0.05, 0.1) is 81.2 Å². The van der Waals surface area contributed by atoms with E-state index in [0.717, 1.165) is 58.9 Å². The van der Waals surface area contributed by atoms with Gasteiger partial charge in [0.2, 0.25) is 0 Å². The molecule has 0 aromatic heterocycles. The normalized spacial score (nSPS) is 11.6. The molecule has 0 unspecified atom stereocenters. The first-order chi connectivity index (χ1) is 27.7. The zero-order valence-electron chi connectivity index (χ0n) is 37.0. The van der Waals surface area contributed by atoms with Gasteiger partial charge in [0, 0.05) is 118 Å². The number of rotatable bonds is 36. The molecule has 0 N–H and O–H groups in total. The molecule has 0 spiro atoms. The number of esters is 6. The van der Waals surface area contributed by atoms with E-state index in [2.05, 4.69) is 55.4 Å². The van der Waals surface area contributed by atoms with Crippen LogP contribution in [-0.4, -0.2) is 252 Å². The van der Waals surface area contributed by atoms with Gasteiger partial charge in [0.1, 0.15) is 0 Å². The average molecular weight is 834 g/mol. The molecule has 19 nitrogen and oxygen atoms in total. The summed E-state index contributed by atoms with van der Waals surface area (Å²) in [6.45, 7) is 11.9. The number of carbonyl (C=O) groups is 6. The Bertz CT molecular complexity index is 970. The summed E-state index contributed by atoms with van der Waals surface area (Å²) in [6.07, 6.45) is 1.41. The van der Waals surface area contributed by atoms with Gasteiger partial charge in [-0.1, -0.05) is 0 Å². The lowest BCUT2D eigenvalue weighted by Gasteiger charge is -2.31. The van der Waals surface area contributed by atoms with E-state index >= 15 is 0 Å². The molecule has 0 saturated heterocycles. The minimum atomic E-state index is -0.299. The maximum atomic E-state index is 11.8. The second kappa shape index (κ2) is 34.4. The van der Waals surface area contributed by atoms with Crippen molar-refractivity contribution >= 4 is 35.8 Å². The minimum absolute atomic E-state index is 0.235. The number of methoxy groups -OCH3 is 6. The molecular formula is C39H75N7O12. The summed E-state index contributed by atoms with van der Waals surface area (Å²) in [5.74, 6) is -1.79. The molecule has 0 aliphatic rings. The van der Waals surface area contributed by atoms with Crippen LogP contribution in [0.5, 0.6) is 0 Å². The van der Waals surface area contributed by atoms with Crippen LogP contribution in [0.1, 0.15) is 38.5 Å². The van der Waals surface area contributed by atoms with Crippen molar-refractivity contribution in [2.75, 3.05) is 182 Å². The van der Waals surface area contributed by atoms with Crippen LogP contribution in [0, 0.1) is 0 Å². The number of carbonyl (C=O) groups excluding carboxylic acids is 6. The monoisotopic (exact) mass is 834 g/mol. The standard InChI is InChI=1S/C39H75N7O12/c1-40(22-28-43(16-10-34(47)53-4)17-11-35(48)54-5)25-31-46(32-26-41(2)23-29-44(18-12-36(49)55-6)19-13-37(50)56-7)33-27-42(3)24-30-45(20-14-38(51)57-8)21-15-39(52)58-9/h10-33H2,1-9H3. The molecule has 0 amide bonds. The van der Waals surface area contributed by atoms with E-state index < -0.39 is 0 Å². The minimum Gasteiger partial charge on any atom is -0.469 e. The Morgan fingerprint density at radius 1 is 0.259 bits per heavy atom. The van der Waals surface area contributed by atoms with Crippen LogP contribution in [0.4, 0.5) is 0 Å². The molecule has 338 valence electrons. The molecule has 0 aromatic carbocycles. The van der Waals surface area contributed by atoms with E-state index in [1.54, 1.807) is 0 Å². The fraction of sp³-hybridized carbons (Fsp3) is 0.846. The Labute approximate surface area is 347 Å². The third-order valence-electron chi connectivity index (χ3n) is 9.95. The highest BCUT2D eigenvalue weighted by Crippen LogP contribution is 2.03. The van der Waals surface area contributed by atoms with Crippen molar-refractivity contribution in [1.82, 2.24) is 34.3 Å². The third-order valence-corrected chi connectivity index (χ3v) is 9.95. The highest BCUT2D eigenvalue weighted by atomic mass is 16.5. The summed E-state index contributed by atoms with van der Waals surface area (Å²) in [6, 6.07) is 0. The van der Waals surface area contributed by atoms with Crippen molar-refractivity contribution in [3.63, 3.8) is 0 Å². The summed E-state index contributed by atoms with van der Waals surface area (Å²) in [7, 11) is 14.4. The molecule has 0 saturated carbocycles. The highest BCUT2D eigenvalue weighted by Gasteiger charge is 2.17. The van der Waals surface area contributed by atoms with Gasteiger partial charge in [-0.3, -0.25) is 33.7 Å². The summed E-state index contributed by atoms with van der Waals surface area (Å²) >= 11 is 0. The predicted octanol–water partition coefficient (Wildman–Crippen LogP) is -0.632. The molecule has 0 bridgehead atoms.